The number of hydrogen-bond donors (Lipinski definition) is 1. The lowest BCUT2D eigenvalue weighted by molar-refractivity contribution is -0.133. The summed E-state index contributed by atoms with van der Waals surface area (Å²) in [7, 11) is -3.23. The summed E-state index contributed by atoms with van der Waals surface area (Å²) in [6.07, 6.45) is 4.34. The molecule has 1 heterocycles. The Hall–Kier alpha value is -1.64. The van der Waals surface area contributed by atoms with Gasteiger partial charge in [0, 0.05) is 38.0 Å². The lowest BCUT2D eigenvalue weighted by Crippen LogP contribution is -2.48. The van der Waals surface area contributed by atoms with Crippen LogP contribution in [0.5, 0.6) is 0 Å². The van der Waals surface area contributed by atoms with Crippen LogP contribution in [0, 0.1) is 0 Å². The van der Waals surface area contributed by atoms with Crippen LogP contribution >= 0.6 is 24.8 Å². The molecule has 0 unspecified atom stereocenters. The van der Waals surface area contributed by atoms with Gasteiger partial charge in [0.25, 0.3) is 0 Å². The van der Waals surface area contributed by atoms with Crippen molar-refractivity contribution < 1.29 is 13.2 Å². The monoisotopic (exact) mass is 529 g/mol. The molecule has 3 rings (SSSR count). The summed E-state index contributed by atoms with van der Waals surface area (Å²) in [6.45, 7) is 5.62. The molecule has 1 atom stereocenters. The van der Waals surface area contributed by atoms with Crippen molar-refractivity contribution in [3.05, 3.63) is 65.7 Å². The van der Waals surface area contributed by atoms with Crippen LogP contribution in [0.3, 0.4) is 0 Å². The van der Waals surface area contributed by atoms with Crippen molar-refractivity contribution in [1.82, 2.24) is 9.80 Å². The maximum atomic E-state index is 13.0. The average Bonchev–Trinajstić information content (AvgIpc) is 2.79. The third kappa shape index (κ3) is 8.54. The zero-order valence-electron chi connectivity index (χ0n) is 19.9. The molecule has 2 aromatic rings. The van der Waals surface area contributed by atoms with E-state index in [9.17, 15) is 13.2 Å². The highest BCUT2D eigenvalue weighted by Crippen LogP contribution is 2.20. The molecule has 190 valence electrons. The Morgan fingerprint density at radius 1 is 1.06 bits per heavy atom. The van der Waals surface area contributed by atoms with E-state index in [0.29, 0.717) is 13.0 Å². The molecule has 6 nitrogen and oxygen atoms in total. The Kier molecular flexibility index (Phi) is 12.6. The fraction of sp³-hybridized carbons (Fsp3) is 0.480. The SMILES string of the molecule is CCN(C(=O)Cc1ccc(S(C)(=O)=O)cc1)C1CCN(CC[C@H](N)c2ccccc2)CC1.Cl.Cl. The lowest BCUT2D eigenvalue weighted by Gasteiger charge is -2.38. The van der Waals surface area contributed by atoms with Gasteiger partial charge < -0.3 is 15.5 Å². The minimum atomic E-state index is -3.23. The Morgan fingerprint density at radius 2 is 1.65 bits per heavy atom. The first-order chi connectivity index (χ1) is 15.3. The number of likely N-dealkylation sites (N-methyl/N-ethyl adjacent to an activating group) is 1. The van der Waals surface area contributed by atoms with Crippen LogP contribution in [0.4, 0.5) is 0 Å². The summed E-state index contributed by atoms with van der Waals surface area (Å²) in [5, 5.41) is 0. The zero-order chi connectivity index (χ0) is 23.1. The molecule has 34 heavy (non-hydrogen) atoms. The second-order valence-corrected chi connectivity index (χ2v) is 10.7. The molecule has 0 saturated carbocycles. The summed E-state index contributed by atoms with van der Waals surface area (Å²) in [6, 6.07) is 17.1. The predicted molar refractivity (Wildman–Crippen MR) is 143 cm³/mol. The largest absolute Gasteiger partial charge is 0.340 e. The third-order valence-electron chi connectivity index (χ3n) is 6.35. The van der Waals surface area contributed by atoms with E-state index in [1.54, 1.807) is 24.3 Å². The number of carbonyl (C=O) groups excluding carboxylic acids is 1. The molecule has 0 spiro atoms. The third-order valence-corrected chi connectivity index (χ3v) is 7.48. The number of likely N-dealkylation sites (tertiary alicyclic amines) is 1. The van der Waals surface area contributed by atoms with Crippen LogP contribution in [0.15, 0.2) is 59.5 Å². The standard InChI is InChI=1S/C25H35N3O3S.2ClH/c1-3-28(25(29)19-20-9-11-23(12-10-20)32(2,30)31)22-13-16-27(17-14-22)18-15-24(26)21-7-5-4-6-8-21;;/h4-12,22,24H,3,13-19,26H2,1-2H3;2*1H/t24-;;/m0../s1. The summed E-state index contributed by atoms with van der Waals surface area (Å²) >= 11 is 0. The minimum Gasteiger partial charge on any atom is -0.340 e. The van der Waals surface area contributed by atoms with Crippen molar-refractivity contribution in [3.63, 3.8) is 0 Å². The van der Waals surface area contributed by atoms with Gasteiger partial charge in [-0.3, -0.25) is 4.79 Å². The molecular formula is C25H37Cl2N3O3S. The number of hydrogen-bond acceptors (Lipinski definition) is 5. The van der Waals surface area contributed by atoms with Gasteiger partial charge in [-0.2, -0.15) is 0 Å². The molecule has 1 fully saturated rings. The molecule has 1 aliphatic rings. The quantitative estimate of drug-likeness (QED) is 0.532. The number of nitrogens with zero attached hydrogens (tertiary/aromatic N) is 2. The van der Waals surface area contributed by atoms with E-state index >= 15 is 0 Å². The van der Waals surface area contributed by atoms with Crippen LogP contribution in [0.2, 0.25) is 0 Å². The van der Waals surface area contributed by atoms with Crippen molar-refractivity contribution in [1.29, 1.82) is 0 Å². The van der Waals surface area contributed by atoms with Crippen LogP contribution in [0.1, 0.15) is 43.4 Å². The lowest BCUT2D eigenvalue weighted by atomic mass is 10.00. The second-order valence-electron chi connectivity index (χ2n) is 8.65. The smallest absolute Gasteiger partial charge is 0.227 e. The van der Waals surface area contributed by atoms with Crippen LogP contribution in [-0.4, -0.2) is 62.6 Å². The van der Waals surface area contributed by atoms with Gasteiger partial charge >= 0.3 is 0 Å². The highest BCUT2D eigenvalue weighted by atomic mass is 35.5. The van der Waals surface area contributed by atoms with E-state index in [2.05, 4.69) is 17.0 Å². The Balaban J connectivity index is 0.00000289. The molecule has 0 aliphatic carbocycles. The predicted octanol–water partition coefficient (Wildman–Crippen LogP) is 3.88. The van der Waals surface area contributed by atoms with Gasteiger partial charge in [0.1, 0.15) is 0 Å². The Labute approximate surface area is 216 Å². The van der Waals surface area contributed by atoms with Gasteiger partial charge in [-0.05, 0) is 56.0 Å². The van der Waals surface area contributed by atoms with Crippen molar-refractivity contribution in [2.75, 3.05) is 32.4 Å². The summed E-state index contributed by atoms with van der Waals surface area (Å²) in [4.78, 5) is 17.7. The minimum absolute atomic E-state index is 0. The molecule has 1 amide bonds. The van der Waals surface area contributed by atoms with Crippen molar-refractivity contribution >= 4 is 40.6 Å². The number of nitrogens with two attached hydrogens (primary N) is 1. The normalized spacial score (nSPS) is 15.6. The first-order valence-electron chi connectivity index (χ1n) is 11.4. The van der Waals surface area contributed by atoms with E-state index in [0.717, 1.165) is 44.5 Å². The van der Waals surface area contributed by atoms with Crippen LogP contribution < -0.4 is 5.73 Å². The van der Waals surface area contributed by atoms with Gasteiger partial charge in [0.15, 0.2) is 9.84 Å². The molecule has 1 aliphatic heterocycles. The van der Waals surface area contributed by atoms with Crippen LogP contribution in [0.25, 0.3) is 0 Å². The topological polar surface area (TPSA) is 83.7 Å². The van der Waals surface area contributed by atoms with Gasteiger partial charge in [0.2, 0.25) is 5.91 Å². The first kappa shape index (κ1) is 30.4. The molecule has 0 radical (unpaired) electrons. The molecule has 0 bridgehead atoms. The van der Waals surface area contributed by atoms with Gasteiger partial charge in [-0.15, -0.1) is 24.8 Å². The number of benzene rings is 2. The van der Waals surface area contributed by atoms with E-state index in [1.807, 2.05) is 30.0 Å². The van der Waals surface area contributed by atoms with Crippen LogP contribution in [-0.2, 0) is 21.1 Å². The molecule has 2 aromatic carbocycles. The van der Waals surface area contributed by atoms with Crippen molar-refractivity contribution in [2.45, 2.75) is 49.6 Å². The number of carbonyl (C=O) groups is 1. The summed E-state index contributed by atoms with van der Waals surface area (Å²) in [5.74, 6) is 0.101. The van der Waals surface area contributed by atoms with E-state index in [4.69, 9.17) is 5.73 Å². The number of amides is 1. The number of piperidine rings is 1. The van der Waals surface area contributed by atoms with Crippen molar-refractivity contribution in [3.8, 4) is 0 Å². The highest BCUT2D eigenvalue weighted by Gasteiger charge is 2.27. The fourth-order valence-electron chi connectivity index (χ4n) is 4.41. The van der Waals surface area contributed by atoms with Crippen molar-refractivity contribution in [2.24, 2.45) is 5.73 Å². The Bertz CT molecular complexity index is 980. The van der Waals surface area contributed by atoms with Gasteiger partial charge in [-0.25, -0.2) is 8.42 Å². The number of sulfone groups is 1. The maximum Gasteiger partial charge on any atom is 0.227 e. The van der Waals surface area contributed by atoms with E-state index in [1.165, 1.54) is 11.8 Å². The highest BCUT2D eigenvalue weighted by molar-refractivity contribution is 7.90. The van der Waals surface area contributed by atoms with Gasteiger partial charge in [0.05, 0.1) is 11.3 Å². The average molecular weight is 531 g/mol. The van der Waals surface area contributed by atoms with E-state index in [-0.39, 0.29) is 47.7 Å². The van der Waals surface area contributed by atoms with Gasteiger partial charge in [-0.1, -0.05) is 42.5 Å². The molecule has 9 heteroatoms. The molecule has 2 N–H and O–H groups in total. The second kappa shape index (κ2) is 14.0. The summed E-state index contributed by atoms with van der Waals surface area (Å²) in [5.41, 5.74) is 8.36. The molecule has 1 saturated heterocycles. The fourth-order valence-corrected chi connectivity index (χ4v) is 5.04. The first-order valence-corrected chi connectivity index (χ1v) is 13.3. The number of halogens is 2. The summed E-state index contributed by atoms with van der Waals surface area (Å²) < 4.78 is 23.2. The maximum absolute atomic E-state index is 13.0. The number of rotatable bonds is 9. The Morgan fingerprint density at radius 3 is 2.18 bits per heavy atom. The van der Waals surface area contributed by atoms with E-state index < -0.39 is 9.84 Å². The molecular weight excluding hydrogens is 493 g/mol. The zero-order valence-corrected chi connectivity index (χ0v) is 22.4. The molecule has 0 aromatic heterocycles.